The zero-order valence-electron chi connectivity index (χ0n) is 50.7. The Hall–Kier alpha value is -3.67. The molecule has 1 atom stereocenters. The molecule has 0 radical (unpaired) electrons. The standard InChI is InChI=1S/C71H122O6/c1-4-7-10-13-16-19-22-25-28-30-32-34-35-37-38-40-43-46-49-52-55-58-61-64-70(73)76-67-68(66-75-69(72)63-60-57-54-51-48-45-42-27-24-21-18-15-12-9-6-3)77-71(74)65-62-59-56-53-50-47-44-41-39-36-33-31-29-26-23-20-17-14-11-8-5-2/h8,11,17,20,22,25-27,29-30,32-33,35-37,42,68H,4-7,9-10,12-16,18-19,21,23-24,28,31,34,38-41,43-67H2,1-3H3/b11-8-,20-17-,25-22-,29-26-,32-30-,36-33-,37-35-,42-27-. The Morgan fingerprint density at radius 2 is 0.506 bits per heavy atom. The molecular formula is C71H122O6. The lowest BCUT2D eigenvalue weighted by Crippen LogP contribution is -2.30. The van der Waals surface area contributed by atoms with E-state index >= 15 is 0 Å². The van der Waals surface area contributed by atoms with E-state index in [1.165, 1.54) is 161 Å². The van der Waals surface area contributed by atoms with Gasteiger partial charge in [0, 0.05) is 19.3 Å². The van der Waals surface area contributed by atoms with E-state index in [1.807, 2.05) is 0 Å². The first-order valence-electron chi connectivity index (χ1n) is 32.7. The van der Waals surface area contributed by atoms with Crippen LogP contribution in [0.3, 0.4) is 0 Å². The molecule has 0 N–H and O–H groups in total. The minimum absolute atomic E-state index is 0.0869. The second kappa shape index (κ2) is 64.9. The molecule has 6 nitrogen and oxygen atoms in total. The van der Waals surface area contributed by atoms with Crippen molar-refractivity contribution in [3.8, 4) is 0 Å². The maximum absolute atomic E-state index is 12.9. The van der Waals surface area contributed by atoms with Crippen molar-refractivity contribution >= 4 is 17.9 Å². The van der Waals surface area contributed by atoms with E-state index in [9.17, 15) is 14.4 Å². The van der Waals surface area contributed by atoms with Gasteiger partial charge in [-0.1, -0.05) is 272 Å². The molecule has 0 aliphatic heterocycles. The fourth-order valence-corrected chi connectivity index (χ4v) is 9.14. The van der Waals surface area contributed by atoms with Crippen LogP contribution < -0.4 is 0 Å². The predicted octanol–water partition coefficient (Wildman–Crippen LogP) is 22.4. The third kappa shape index (κ3) is 63.0. The monoisotopic (exact) mass is 1070 g/mol. The van der Waals surface area contributed by atoms with Crippen LogP contribution in [0.5, 0.6) is 0 Å². The Kier molecular flexibility index (Phi) is 61.8. The van der Waals surface area contributed by atoms with Crippen molar-refractivity contribution in [2.75, 3.05) is 13.2 Å². The molecule has 0 rings (SSSR count). The van der Waals surface area contributed by atoms with E-state index in [2.05, 4.69) is 118 Å². The normalized spacial score (nSPS) is 12.7. The fraction of sp³-hybridized carbons (Fsp3) is 0.732. The fourth-order valence-electron chi connectivity index (χ4n) is 9.14. The van der Waals surface area contributed by atoms with E-state index < -0.39 is 6.10 Å². The van der Waals surface area contributed by atoms with Crippen LogP contribution in [0.4, 0.5) is 0 Å². The number of carbonyl (C=O) groups is 3. The Bertz CT molecular complexity index is 1510. The second-order valence-corrected chi connectivity index (χ2v) is 21.6. The molecule has 0 heterocycles. The minimum atomic E-state index is -0.791. The van der Waals surface area contributed by atoms with Crippen molar-refractivity contribution in [3.63, 3.8) is 0 Å². The van der Waals surface area contributed by atoms with Gasteiger partial charge in [-0.2, -0.15) is 0 Å². The van der Waals surface area contributed by atoms with Gasteiger partial charge in [0.25, 0.3) is 0 Å². The Morgan fingerprint density at radius 3 is 0.805 bits per heavy atom. The SMILES string of the molecule is CC/C=C\C/C=C\C/C=C\C/C=C\CCCCCCCCCCC(=O)OC(COC(=O)CCCCCCC/C=C\CCCCCCCC)COC(=O)CCCCCCCCCC/C=C\C/C=C\C/C=C\CCCCCCC. The van der Waals surface area contributed by atoms with Crippen molar-refractivity contribution in [3.05, 3.63) is 97.2 Å². The van der Waals surface area contributed by atoms with Gasteiger partial charge < -0.3 is 14.2 Å². The summed E-state index contributed by atoms with van der Waals surface area (Å²) in [7, 11) is 0. The van der Waals surface area contributed by atoms with Gasteiger partial charge in [-0.15, -0.1) is 0 Å². The second-order valence-electron chi connectivity index (χ2n) is 21.6. The van der Waals surface area contributed by atoms with Gasteiger partial charge in [-0.05, 0) is 122 Å². The summed E-state index contributed by atoms with van der Waals surface area (Å²) in [5.41, 5.74) is 0. The molecule has 1 unspecified atom stereocenters. The molecule has 0 aromatic rings. The Balaban J connectivity index is 4.40. The Labute approximate surface area is 477 Å². The highest BCUT2D eigenvalue weighted by atomic mass is 16.6. The van der Waals surface area contributed by atoms with E-state index in [1.54, 1.807) is 0 Å². The van der Waals surface area contributed by atoms with Gasteiger partial charge >= 0.3 is 17.9 Å². The molecular weight excluding hydrogens is 949 g/mol. The molecule has 0 bridgehead atoms. The lowest BCUT2D eigenvalue weighted by atomic mass is 10.1. The number of unbranched alkanes of at least 4 members (excludes halogenated alkanes) is 32. The zero-order chi connectivity index (χ0) is 55.7. The zero-order valence-corrected chi connectivity index (χ0v) is 50.7. The molecule has 77 heavy (non-hydrogen) atoms. The average Bonchev–Trinajstić information content (AvgIpc) is 3.43. The van der Waals surface area contributed by atoms with Crippen LogP contribution in [0.15, 0.2) is 97.2 Å². The van der Waals surface area contributed by atoms with Gasteiger partial charge in [-0.25, -0.2) is 0 Å². The summed E-state index contributed by atoms with van der Waals surface area (Å²) in [6, 6.07) is 0. The molecule has 0 aliphatic rings. The third-order valence-electron chi connectivity index (χ3n) is 14.0. The highest BCUT2D eigenvalue weighted by molar-refractivity contribution is 5.71. The van der Waals surface area contributed by atoms with Crippen LogP contribution >= 0.6 is 0 Å². The van der Waals surface area contributed by atoms with Crippen molar-refractivity contribution in [1.82, 2.24) is 0 Å². The summed E-state index contributed by atoms with van der Waals surface area (Å²) in [4.78, 5) is 38.4. The number of esters is 3. The lowest BCUT2D eigenvalue weighted by Gasteiger charge is -2.18. The van der Waals surface area contributed by atoms with E-state index in [-0.39, 0.29) is 31.1 Å². The van der Waals surface area contributed by atoms with Gasteiger partial charge in [-0.3, -0.25) is 14.4 Å². The van der Waals surface area contributed by atoms with E-state index in [0.717, 1.165) is 116 Å². The average molecular weight is 1070 g/mol. The number of allylic oxidation sites excluding steroid dienone is 16. The maximum Gasteiger partial charge on any atom is 0.306 e. The summed E-state index contributed by atoms with van der Waals surface area (Å²) < 4.78 is 16.9. The Morgan fingerprint density at radius 1 is 0.273 bits per heavy atom. The molecule has 0 aromatic heterocycles. The molecule has 6 heteroatoms. The van der Waals surface area contributed by atoms with Crippen LogP contribution in [-0.4, -0.2) is 37.2 Å². The highest BCUT2D eigenvalue weighted by Gasteiger charge is 2.19. The summed E-state index contributed by atoms with van der Waals surface area (Å²) >= 11 is 0. The molecule has 0 aromatic carbocycles. The van der Waals surface area contributed by atoms with Gasteiger partial charge in [0.1, 0.15) is 13.2 Å². The van der Waals surface area contributed by atoms with Crippen molar-refractivity contribution in [2.24, 2.45) is 0 Å². The number of hydrogen-bond acceptors (Lipinski definition) is 6. The molecule has 442 valence electrons. The highest BCUT2D eigenvalue weighted by Crippen LogP contribution is 2.16. The smallest absolute Gasteiger partial charge is 0.306 e. The summed E-state index contributed by atoms with van der Waals surface area (Å²) in [5.74, 6) is -0.899. The van der Waals surface area contributed by atoms with E-state index in [0.29, 0.717) is 19.3 Å². The molecule has 0 saturated heterocycles. The van der Waals surface area contributed by atoms with Crippen molar-refractivity contribution in [1.29, 1.82) is 0 Å². The van der Waals surface area contributed by atoms with Crippen LogP contribution in [0.25, 0.3) is 0 Å². The van der Waals surface area contributed by atoms with Crippen LogP contribution in [0.2, 0.25) is 0 Å². The predicted molar refractivity (Wildman–Crippen MR) is 334 cm³/mol. The van der Waals surface area contributed by atoms with Crippen LogP contribution in [-0.2, 0) is 28.6 Å². The molecule has 0 amide bonds. The summed E-state index contributed by atoms with van der Waals surface area (Å²) in [6.45, 7) is 6.52. The van der Waals surface area contributed by atoms with Crippen molar-refractivity contribution in [2.45, 2.75) is 322 Å². The summed E-state index contributed by atoms with van der Waals surface area (Å²) in [5, 5.41) is 0. The first kappa shape index (κ1) is 73.3. The van der Waals surface area contributed by atoms with Crippen LogP contribution in [0.1, 0.15) is 316 Å². The lowest BCUT2D eigenvalue weighted by molar-refractivity contribution is -0.167. The number of hydrogen-bond donors (Lipinski definition) is 0. The van der Waals surface area contributed by atoms with Gasteiger partial charge in [0.15, 0.2) is 6.10 Å². The minimum Gasteiger partial charge on any atom is -0.462 e. The van der Waals surface area contributed by atoms with Gasteiger partial charge in [0.05, 0.1) is 0 Å². The van der Waals surface area contributed by atoms with Crippen LogP contribution in [0, 0.1) is 0 Å². The number of ether oxygens (including phenoxy) is 3. The van der Waals surface area contributed by atoms with Crippen molar-refractivity contribution < 1.29 is 28.6 Å². The third-order valence-corrected chi connectivity index (χ3v) is 14.0. The number of carbonyl (C=O) groups excluding carboxylic acids is 3. The first-order chi connectivity index (χ1) is 38.0. The maximum atomic E-state index is 12.9. The molecule has 0 aliphatic carbocycles. The molecule has 0 fully saturated rings. The molecule has 0 saturated carbocycles. The number of rotatable bonds is 59. The first-order valence-corrected chi connectivity index (χ1v) is 32.7. The largest absolute Gasteiger partial charge is 0.462 e. The van der Waals surface area contributed by atoms with E-state index in [4.69, 9.17) is 14.2 Å². The van der Waals surface area contributed by atoms with Gasteiger partial charge in [0.2, 0.25) is 0 Å². The quantitative estimate of drug-likeness (QED) is 0.0261. The molecule has 0 spiro atoms. The summed E-state index contributed by atoms with van der Waals surface area (Å²) in [6.07, 6.45) is 86.9. The topological polar surface area (TPSA) is 78.9 Å².